The van der Waals surface area contributed by atoms with Crippen molar-refractivity contribution < 1.29 is 19.1 Å². The number of hydrogen-bond acceptors (Lipinski definition) is 5. The number of benzene rings is 1. The van der Waals surface area contributed by atoms with E-state index in [1.165, 1.54) is 20.3 Å². The molecule has 98 valence electrons. The Morgan fingerprint density at radius 3 is 2.47 bits per heavy atom. The van der Waals surface area contributed by atoms with E-state index in [2.05, 4.69) is 25.7 Å². The average molecular weight is 324 g/mol. The highest BCUT2D eigenvalue weighted by Crippen LogP contribution is 2.26. The van der Waals surface area contributed by atoms with E-state index in [4.69, 9.17) is 4.74 Å². The maximum Gasteiger partial charge on any atom is 0.356 e. The summed E-state index contributed by atoms with van der Waals surface area (Å²) in [6.45, 7) is 0. The van der Waals surface area contributed by atoms with Crippen LogP contribution in [0.2, 0.25) is 0 Å². The standard InChI is InChI=1S/C13H10BrNO4/c1-18-12(16)8-6-10(13(17)19-2)15-11-7(8)4-3-5-9(11)14/h3-6H,1-2H3. The molecule has 1 aromatic carbocycles. The van der Waals surface area contributed by atoms with Crippen molar-refractivity contribution in [3.8, 4) is 0 Å². The zero-order valence-corrected chi connectivity index (χ0v) is 11.9. The number of carbonyl (C=O) groups excluding carboxylic acids is 2. The summed E-state index contributed by atoms with van der Waals surface area (Å²) in [4.78, 5) is 27.6. The first-order valence-corrected chi connectivity index (χ1v) is 6.13. The second-order valence-corrected chi connectivity index (χ2v) is 4.53. The van der Waals surface area contributed by atoms with E-state index < -0.39 is 11.9 Å². The molecular weight excluding hydrogens is 314 g/mol. The van der Waals surface area contributed by atoms with Gasteiger partial charge in [-0.15, -0.1) is 0 Å². The number of carbonyl (C=O) groups is 2. The zero-order valence-electron chi connectivity index (χ0n) is 10.3. The summed E-state index contributed by atoms with van der Waals surface area (Å²) >= 11 is 3.34. The molecule has 0 radical (unpaired) electrons. The van der Waals surface area contributed by atoms with Gasteiger partial charge in [-0.1, -0.05) is 12.1 Å². The Bertz CT molecular complexity index is 669. The lowest BCUT2D eigenvalue weighted by molar-refractivity contribution is 0.0594. The van der Waals surface area contributed by atoms with Crippen molar-refractivity contribution in [2.75, 3.05) is 14.2 Å². The summed E-state index contributed by atoms with van der Waals surface area (Å²) in [5.41, 5.74) is 0.835. The second kappa shape index (κ2) is 5.36. The van der Waals surface area contributed by atoms with Gasteiger partial charge in [-0.2, -0.15) is 0 Å². The van der Waals surface area contributed by atoms with Crippen LogP contribution in [0.1, 0.15) is 20.8 Å². The number of methoxy groups -OCH3 is 2. The van der Waals surface area contributed by atoms with Crippen LogP contribution < -0.4 is 0 Å². The van der Waals surface area contributed by atoms with Gasteiger partial charge in [-0.05, 0) is 28.1 Å². The molecule has 0 saturated carbocycles. The summed E-state index contributed by atoms with van der Waals surface area (Å²) in [7, 11) is 2.54. The normalized spacial score (nSPS) is 10.3. The lowest BCUT2D eigenvalue weighted by Gasteiger charge is -2.08. The molecule has 1 aromatic heterocycles. The quantitative estimate of drug-likeness (QED) is 0.795. The van der Waals surface area contributed by atoms with E-state index >= 15 is 0 Å². The smallest absolute Gasteiger partial charge is 0.356 e. The third-order valence-corrected chi connectivity index (χ3v) is 3.23. The van der Waals surface area contributed by atoms with E-state index in [1.807, 2.05) is 0 Å². The molecule has 0 N–H and O–H groups in total. The van der Waals surface area contributed by atoms with Gasteiger partial charge in [0.1, 0.15) is 5.69 Å². The first kappa shape index (κ1) is 13.5. The Morgan fingerprint density at radius 1 is 1.16 bits per heavy atom. The van der Waals surface area contributed by atoms with Crippen LogP contribution in [0.15, 0.2) is 28.7 Å². The van der Waals surface area contributed by atoms with Gasteiger partial charge in [0.2, 0.25) is 0 Å². The largest absolute Gasteiger partial charge is 0.465 e. The lowest BCUT2D eigenvalue weighted by Crippen LogP contribution is -2.09. The van der Waals surface area contributed by atoms with Crippen molar-refractivity contribution in [1.82, 2.24) is 4.98 Å². The van der Waals surface area contributed by atoms with Gasteiger partial charge in [0.25, 0.3) is 0 Å². The predicted molar refractivity (Wildman–Crippen MR) is 72.1 cm³/mol. The molecule has 0 aliphatic rings. The van der Waals surface area contributed by atoms with Gasteiger partial charge in [-0.25, -0.2) is 14.6 Å². The number of fused-ring (bicyclic) bond motifs is 1. The van der Waals surface area contributed by atoms with Crippen molar-refractivity contribution in [3.63, 3.8) is 0 Å². The minimum atomic E-state index is -0.609. The van der Waals surface area contributed by atoms with Crippen LogP contribution in [0.5, 0.6) is 0 Å². The molecule has 0 atom stereocenters. The monoisotopic (exact) mass is 323 g/mol. The van der Waals surface area contributed by atoms with Gasteiger partial charge < -0.3 is 9.47 Å². The number of aromatic nitrogens is 1. The van der Waals surface area contributed by atoms with Crippen molar-refractivity contribution in [2.45, 2.75) is 0 Å². The molecule has 0 amide bonds. The Kier molecular flexibility index (Phi) is 3.80. The minimum absolute atomic E-state index is 0.0577. The SMILES string of the molecule is COC(=O)c1cc(C(=O)OC)c2cccc(Br)c2n1. The summed E-state index contributed by atoms with van der Waals surface area (Å²) in [5.74, 6) is -1.14. The summed E-state index contributed by atoms with van der Waals surface area (Å²) in [6, 6.07) is 6.66. The molecule has 2 aromatic rings. The summed E-state index contributed by atoms with van der Waals surface area (Å²) in [5, 5.41) is 0.605. The first-order chi connectivity index (χ1) is 9.08. The van der Waals surface area contributed by atoms with E-state index in [1.54, 1.807) is 18.2 Å². The third kappa shape index (κ3) is 2.44. The average Bonchev–Trinajstić information content (AvgIpc) is 2.45. The second-order valence-electron chi connectivity index (χ2n) is 3.67. The fourth-order valence-electron chi connectivity index (χ4n) is 1.70. The van der Waals surface area contributed by atoms with Gasteiger partial charge in [-0.3, -0.25) is 0 Å². The number of para-hydroxylation sites is 1. The van der Waals surface area contributed by atoms with Gasteiger partial charge >= 0.3 is 11.9 Å². The van der Waals surface area contributed by atoms with Crippen LogP contribution in [0.25, 0.3) is 10.9 Å². The Labute approximate surface area is 117 Å². The van der Waals surface area contributed by atoms with Crippen molar-refractivity contribution >= 4 is 38.8 Å². The molecule has 2 rings (SSSR count). The van der Waals surface area contributed by atoms with Crippen LogP contribution in [0.4, 0.5) is 0 Å². The zero-order chi connectivity index (χ0) is 14.0. The van der Waals surface area contributed by atoms with Crippen molar-refractivity contribution in [2.24, 2.45) is 0 Å². The Morgan fingerprint density at radius 2 is 1.84 bits per heavy atom. The van der Waals surface area contributed by atoms with Crippen molar-refractivity contribution in [3.05, 3.63) is 40.0 Å². The van der Waals surface area contributed by atoms with Crippen LogP contribution >= 0.6 is 15.9 Å². The minimum Gasteiger partial charge on any atom is -0.465 e. The molecule has 5 nitrogen and oxygen atoms in total. The Hall–Kier alpha value is -1.95. The Balaban J connectivity index is 2.80. The molecule has 0 saturated heterocycles. The van der Waals surface area contributed by atoms with E-state index in [9.17, 15) is 9.59 Å². The number of halogens is 1. The predicted octanol–water partition coefficient (Wildman–Crippen LogP) is 2.57. The molecule has 1 heterocycles. The van der Waals surface area contributed by atoms with E-state index in [-0.39, 0.29) is 11.3 Å². The fraction of sp³-hybridized carbons (Fsp3) is 0.154. The number of hydrogen-bond donors (Lipinski definition) is 0. The topological polar surface area (TPSA) is 65.5 Å². The lowest BCUT2D eigenvalue weighted by atomic mass is 10.1. The van der Waals surface area contributed by atoms with Crippen LogP contribution in [-0.2, 0) is 9.47 Å². The molecule has 0 bridgehead atoms. The van der Waals surface area contributed by atoms with E-state index in [0.717, 1.165) is 0 Å². The highest BCUT2D eigenvalue weighted by Gasteiger charge is 2.18. The number of rotatable bonds is 2. The highest BCUT2D eigenvalue weighted by molar-refractivity contribution is 9.10. The molecule has 19 heavy (non-hydrogen) atoms. The van der Waals surface area contributed by atoms with Crippen LogP contribution in [0, 0.1) is 0 Å². The molecule has 0 aliphatic heterocycles. The summed E-state index contributed by atoms with van der Waals surface area (Å²) in [6.07, 6.45) is 0. The molecule has 0 aliphatic carbocycles. The maximum absolute atomic E-state index is 11.8. The van der Waals surface area contributed by atoms with Gasteiger partial charge in [0, 0.05) is 9.86 Å². The third-order valence-electron chi connectivity index (χ3n) is 2.59. The van der Waals surface area contributed by atoms with E-state index in [0.29, 0.717) is 15.4 Å². The molecule has 0 spiro atoms. The molecule has 0 unspecified atom stereocenters. The van der Waals surface area contributed by atoms with Crippen LogP contribution in [-0.4, -0.2) is 31.1 Å². The molecule has 6 heteroatoms. The number of nitrogens with zero attached hydrogens (tertiary/aromatic N) is 1. The highest BCUT2D eigenvalue weighted by atomic mass is 79.9. The van der Waals surface area contributed by atoms with Crippen molar-refractivity contribution in [1.29, 1.82) is 0 Å². The maximum atomic E-state index is 11.8. The molecule has 0 fully saturated rings. The summed E-state index contributed by atoms with van der Waals surface area (Å²) < 4.78 is 10.0. The van der Waals surface area contributed by atoms with Gasteiger partial charge in [0.05, 0.1) is 25.3 Å². The number of pyridine rings is 1. The molecular formula is C13H10BrNO4. The number of ether oxygens (including phenoxy) is 2. The van der Waals surface area contributed by atoms with Crippen LogP contribution in [0.3, 0.4) is 0 Å². The fourth-order valence-corrected chi connectivity index (χ4v) is 2.16. The first-order valence-electron chi connectivity index (χ1n) is 5.34. The van der Waals surface area contributed by atoms with Gasteiger partial charge in [0.15, 0.2) is 0 Å². The number of esters is 2.